The molecule has 1 saturated carbocycles. The molecule has 1 aliphatic carbocycles. The fourth-order valence-corrected chi connectivity index (χ4v) is 3.05. The maximum absolute atomic E-state index is 5.76. The van der Waals surface area contributed by atoms with Crippen LogP contribution in [-0.4, -0.2) is 17.5 Å². The van der Waals surface area contributed by atoms with Crippen LogP contribution in [0.5, 0.6) is 0 Å². The molecule has 1 aromatic rings. The first-order valence-corrected chi connectivity index (χ1v) is 7.21. The number of hydrogen-bond acceptors (Lipinski definition) is 3. The van der Waals surface area contributed by atoms with E-state index in [9.17, 15) is 0 Å². The molecule has 88 valence electrons. The molecule has 0 aromatic heterocycles. The van der Waals surface area contributed by atoms with Gasteiger partial charge in [-0.1, -0.05) is 6.07 Å². The second-order valence-corrected chi connectivity index (χ2v) is 5.62. The maximum Gasteiger partial charge on any atom is 0.0362 e. The number of anilines is 2. The molecule has 2 nitrogen and oxygen atoms in total. The van der Waals surface area contributed by atoms with Crippen molar-refractivity contribution in [3.63, 3.8) is 0 Å². The van der Waals surface area contributed by atoms with Gasteiger partial charge >= 0.3 is 0 Å². The van der Waals surface area contributed by atoms with E-state index in [2.05, 4.69) is 17.6 Å². The molecule has 0 radical (unpaired) electrons. The van der Waals surface area contributed by atoms with Gasteiger partial charge in [-0.2, -0.15) is 11.8 Å². The third kappa shape index (κ3) is 3.08. The number of rotatable bonds is 3. The maximum atomic E-state index is 5.76. The Morgan fingerprint density at radius 1 is 1.25 bits per heavy atom. The Kier molecular flexibility index (Phi) is 3.99. The summed E-state index contributed by atoms with van der Waals surface area (Å²) in [7, 11) is 0. The van der Waals surface area contributed by atoms with Crippen molar-refractivity contribution >= 4 is 23.1 Å². The van der Waals surface area contributed by atoms with Crippen molar-refractivity contribution in [2.24, 2.45) is 0 Å². The molecule has 1 aromatic carbocycles. The molecular formula is C13H20N2S. The lowest BCUT2D eigenvalue weighted by Crippen LogP contribution is -2.27. The Labute approximate surface area is 102 Å². The highest BCUT2D eigenvalue weighted by Crippen LogP contribution is 2.28. The highest BCUT2D eigenvalue weighted by atomic mass is 32.2. The van der Waals surface area contributed by atoms with Crippen molar-refractivity contribution in [1.82, 2.24) is 0 Å². The molecule has 0 bridgehead atoms. The Morgan fingerprint density at radius 2 is 2.00 bits per heavy atom. The lowest BCUT2D eigenvalue weighted by molar-refractivity contribution is 0.473. The summed E-state index contributed by atoms with van der Waals surface area (Å²) in [6.07, 6.45) is 7.44. The van der Waals surface area contributed by atoms with Gasteiger partial charge < -0.3 is 11.1 Å². The largest absolute Gasteiger partial charge is 0.399 e. The molecule has 0 aliphatic heterocycles. The summed E-state index contributed by atoms with van der Waals surface area (Å²) >= 11 is 2.01. The van der Waals surface area contributed by atoms with Gasteiger partial charge in [-0.3, -0.25) is 0 Å². The summed E-state index contributed by atoms with van der Waals surface area (Å²) in [6.45, 7) is 0. The van der Waals surface area contributed by atoms with Gasteiger partial charge in [0, 0.05) is 22.7 Å². The van der Waals surface area contributed by atoms with Gasteiger partial charge in [0.15, 0.2) is 0 Å². The van der Waals surface area contributed by atoms with Crippen molar-refractivity contribution in [2.75, 3.05) is 17.3 Å². The Morgan fingerprint density at radius 3 is 2.62 bits per heavy atom. The third-order valence-electron chi connectivity index (χ3n) is 3.26. The van der Waals surface area contributed by atoms with Gasteiger partial charge in [0.05, 0.1) is 0 Å². The Bertz CT molecular complexity index is 332. The fraction of sp³-hybridized carbons (Fsp3) is 0.538. The lowest BCUT2D eigenvalue weighted by Gasteiger charge is -2.28. The second kappa shape index (κ2) is 5.48. The van der Waals surface area contributed by atoms with Crippen LogP contribution in [0.15, 0.2) is 24.3 Å². The molecule has 0 unspecified atom stereocenters. The van der Waals surface area contributed by atoms with Crippen LogP contribution in [0.1, 0.15) is 25.7 Å². The van der Waals surface area contributed by atoms with Crippen molar-refractivity contribution in [2.45, 2.75) is 37.0 Å². The third-order valence-corrected chi connectivity index (χ3v) is 4.40. The summed E-state index contributed by atoms with van der Waals surface area (Å²) in [5, 5.41) is 4.45. The highest BCUT2D eigenvalue weighted by Gasteiger charge is 2.19. The van der Waals surface area contributed by atoms with Crippen LogP contribution in [0.2, 0.25) is 0 Å². The molecule has 2 rings (SSSR count). The normalized spacial score (nSPS) is 25.3. The van der Waals surface area contributed by atoms with Crippen molar-refractivity contribution < 1.29 is 0 Å². The van der Waals surface area contributed by atoms with E-state index in [1.807, 2.05) is 30.0 Å². The van der Waals surface area contributed by atoms with Crippen LogP contribution in [0.25, 0.3) is 0 Å². The van der Waals surface area contributed by atoms with Crippen molar-refractivity contribution in [3.8, 4) is 0 Å². The molecule has 3 N–H and O–H groups in total. The molecule has 0 spiro atoms. The van der Waals surface area contributed by atoms with Gasteiger partial charge in [-0.25, -0.2) is 0 Å². The van der Waals surface area contributed by atoms with Gasteiger partial charge in [-0.05, 0) is 50.1 Å². The molecule has 0 atom stereocenters. The van der Waals surface area contributed by atoms with Crippen LogP contribution in [-0.2, 0) is 0 Å². The topological polar surface area (TPSA) is 38.0 Å². The zero-order chi connectivity index (χ0) is 11.4. The average Bonchev–Trinajstić information content (AvgIpc) is 2.30. The number of hydrogen-bond donors (Lipinski definition) is 2. The SMILES string of the molecule is CSC1CCC(Nc2cccc(N)c2)CC1. The predicted octanol–water partition coefficient (Wildman–Crippen LogP) is 3.35. The molecule has 1 fully saturated rings. The van der Waals surface area contributed by atoms with Crippen LogP contribution < -0.4 is 11.1 Å². The minimum atomic E-state index is 0.630. The molecule has 0 heterocycles. The molecule has 0 amide bonds. The van der Waals surface area contributed by atoms with Gasteiger partial charge in [-0.15, -0.1) is 0 Å². The molecule has 3 heteroatoms. The molecular weight excluding hydrogens is 216 g/mol. The summed E-state index contributed by atoms with van der Waals surface area (Å²) < 4.78 is 0. The highest BCUT2D eigenvalue weighted by molar-refractivity contribution is 7.99. The van der Waals surface area contributed by atoms with E-state index in [4.69, 9.17) is 5.73 Å². The fourth-order valence-electron chi connectivity index (χ4n) is 2.31. The van der Waals surface area contributed by atoms with E-state index in [0.717, 1.165) is 16.6 Å². The minimum absolute atomic E-state index is 0.630. The van der Waals surface area contributed by atoms with Crippen LogP contribution in [0, 0.1) is 0 Å². The number of nitrogens with two attached hydrogens (primary N) is 1. The van der Waals surface area contributed by atoms with E-state index < -0.39 is 0 Å². The van der Waals surface area contributed by atoms with E-state index in [1.54, 1.807) is 0 Å². The second-order valence-electron chi connectivity index (χ2n) is 4.48. The first kappa shape index (κ1) is 11.6. The van der Waals surface area contributed by atoms with Gasteiger partial charge in [0.25, 0.3) is 0 Å². The number of benzene rings is 1. The smallest absolute Gasteiger partial charge is 0.0362 e. The Hall–Kier alpha value is -0.830. The summed E-state index contributed by atoms with van der Waals surface area (Å²) in [5.41, 5.74) is 7.76. The zero-order valence-corrected chi connectivity index (χ0v) is 10.6. The standard InChI is InChI=1S/C13H20N2S/c1-16-13-7-5-11(6-8-13)15-12-4-2-3-10(14)9-12/h2-4,9,11,13,15H,5-8,14H2,1H3. The summed E-state index contributed by atoms with van der Waals surface area (Å²) in [4.78, 5) is 0. The first-order valence-electron chi connectivity index (χ1n) is 5.93. The monoisotopic (exact) mass is 236 g/mol. The number of nitrogen functional groups attached to an aromatic ring is 1. The van der Waals surface area contributed by atoms with E-state index >= 15 is 0 Å². The van der Waals surface area contributed by atoms with Crippen molar-refractivity contribution in [3.05, 3.63) is 24.3 Å². The average molecular weight is 236 g/mol. The molecule has 0 saturated heterocycles. The van der Waals surface area contributed by atoms with Crippen molar-refractivity contribution in [1.29, 1.82) is 0 Å². The minimum Gasteiger partial charge on any atom is -0.399 e. The molecule has 16 heavy (non-hydrogen) atoms. The van der Waals surface area contributed by atoms with Crippen LogP contribution in [0.3, 0.4) is 0 Å². The number of nitrogens with one attached hydrogen (secondary N) is 1. The Balaban J connectivity index is 1.87. The lowest BCUT2D eigenvalue weighted by atomic mass is 9.95. The van der Waals surface area contributed by atoms with Crippen LogP contribution in [0.4, 0.5) is 11.4 Å². The zero-order valence-electron chi connectivity index (χ0n) is 9.78. The first-order chi connectivity index (χ1) is 7.78. The van der Waals surface area contributed by atoms with E-state index in [-0.39, 0.29) is 0 Å². The van der Waals surface area contributed by atoms with Gasteiger partial charge in [0.2, 0.25) is 0 Å². The van der Waals surface area contributed by atoms with Gasteiger partial charge in [0.1, 0.15) is 0 Å². The molecule has 1 aliphatic rings. The summed E-state index contributed by atoms with van der Waals surface area (Å²) in [5.74, 6) is 0. The quantitative estimate of drug-likeness (QED) is 0.790. The predicted molar refractivity (Wildman–Crippen MR) is 74.0 cm³/mol. The van der Waals surface area contributed by atoms with E-state index in [1.165, 1.54) is 25.7 Å². The summed E-state index contributed by atoms with van der Waals surface area (Å²) in [6, 6.07) is 8.67. The number of thioether (sulfide) groups is 1. The van der Waals surface area contributed by atoms with E-state index in [0.29, 0.717) is 6.04 Å². The van der Waals surface area contributed by atoms with Crippen LogP contribution >= 0.6 is 11.8 Å².